The molecule has 1 aromatic heterocycles. The van der Waals surface area contributed by atoms with Gasteiger partial charge in [-0.1, -0.05) is 17.3 Å². The van der Waals surface area contributed by atoms with Crippen LogP contribution in [0.1, 0.15) is 31.7 Å². The third-order valence-corrected chi connectivity index (χ3v) is 2.74. The van der Waals surface area contributed by atoms with E-state index in [-0.39, 0.29) is 6.04 Å². The third kappa shape index (κ3) is 2.26. The van der Waals surface area contributed by atoms with E-state index in [4.69, 9.17) is 5.21 Å². The normalized spacial score (nSPS) is 25.1. The first-order chi connectivity index (χ1) is 7.42. The molecule has 0 saturated heterocycles. The molecule has 0 bridgehead atoms. The smallest absolute Gasteiger partial charge is 0.0952 e. The molecule has 1 atom stereocenters. The van der Waals surface area contributed by atoms with Crippen molar-refractivity contribution < 1.29 is 5.21 Å². The van der Waals surface area contributed by atoms with Gasteiger partial charge in [0, 0.05) is 12.4 Å². The molecule has 0 unspecified atom stereocenters. The molecule has 1 heterocycles. The van der Waals surface area contributed by atoms with Gasteiger partial charge in [0.25, 0.3) is 0 Å². The van der Waals surface area contributed by atoms with E-state index in [1.165, 1.54) is 0 Å². The molecule has 0 amide bonds. The molecule has 0 aromatic carbocycles. The molecule has 4 nitrogen and oxygen atoms in total. The first kappa shape index (κ1) is 9.96. The molecule has 0 fully saturated rings. The highest BCUT2D eigenvalue weighted by Crippen LogP contribution is 2.21. The van der Waals surface area contributed by atoms with E-state index in [0.29, 0.717) is 0 Å². The van der Waals surface area contributed by atoms with Crippen LogP contribution < -0.4 is 0 Å². The number of aromatic nitrogens is 2. The molecule has 0 aliphatic heterocycles. The third-order valence-electron chi connectivity index (χ3n) is 2.74. The molecule has 0 radical (unpaired) electrons. The van der Waals surface area contributed by atoms with E-state index in [0.717, 1.165) is 31.4 Å². The van der Waals surface area contributed by atoms with Crippen molar-refractivity contribution in [1.29, 1.82) is 0 Å². The quantitative estimate of drug-likeness (QED) is 0.434. The van der Waals surface area contributed by atoms with Crippen LogP contribution in [0.5, 0.6) is 0 Å². The molecule has 1 aromatic rings. The average molecular weight is 205 g/mol. The van der Waals surface area contributed by atoms with E-state index >= 15 is 0 Å². The van der Waals surface area contributed by atoms with Crippen molar-refractivity contribution in [1.82, 2.24) is 9.55 Å². The van der Waals surface area contributed by atoms with Gasteiger partial charge in [0.15, 0.2) is 0 Å². The van der Waals surface area contributed by atoms with Gasteiger partial charge in [-0.15, -0.1) is 0 Å². The van der Waals surface area contributed by atoms with E-state index in [1.807, 2.05) is 10.8 Å². The minimum absolute atomic E-state index is 0.155. The van der Waals surface area contributed by atoms with Gasteiger partial charge in [0.1, 0.15) is 0 Å². The SMILES string of the molecule is O/N=C1/CCC=CCC[C@H]1n1ccnc1. The zero-order chi connectivity index (χ0) is 10.5. The summed E-state index contributed by atoms with van der Waals surface area (Å²) in [5.41, 5.74) is 0.845. The molecule has 15 heavy (non-hydrogen) atoms. The fourth-order valence-electron chi connectivity index (χ4n) is 1.95. The van der Waals surface area contributed by atoms with Crippen LogP contribution in [0, 0.1) is 0 Å². The summed E-state index contributed by atoms with van der Waals surface area (Å²) in [4.78, 5) is 4.03. The van der Waals surface area contributed by atoms with Gasteiger partial charge in [0.2, 0.25) is 0 Å². The highest BCUT2D eigenvalue weighted by molar-refractivity contribution is 5.88. The van der Waals surface area contributed by atoms with Gasteiger partial charge in [-0.2, -0.15) is 0 Å². The number of hydrogen-bond acceptors (Lipinski definition) is 3. The number of oxime groups is 1. The molecule has 1 N–H and O–H groups in total. The molecular formula is C11H15N3O. The second-order valence-electron chi connectivity index (χ2n) is 3.70. The van der Waals surface area contributed by atoms with Crippen molar-refractivity contribution in [2.75, 3.05) is 0 Å². The minimum atomic E-state index is 0.155. The number of hydrogen-bond donors (Lipinski definition) is 1. The van der Waals surface area contributed by atoms with Crippen LogP contribution >= 0.6 is 0 Å². The summed E-state index contributed by atoms with van der Waals surface area (Å²) in [5, 5.41) is 12.4. The minimum Gasteiger partial charge on any atom is -0.411 e. The lowest BCUT2D eigenvalue weighted by Crippen LogP contribution is -2.19. The Hall–Kier alpha value is -1.58. The number of rotatable bonds is 1. The van der Waals surface area contributed by atoms with E-state index < -0.39 is 0 Å². The second-order valence-corrected chi connectivity index (χ2v) is 3.70. The summed E-state index contributed by atoms with van der Waals surface area (Å²) in [5.74, 6) is 0. The largest absolute Gasteiger partial charge is 0.411 e. The van der Waals surface area contributed by atoms with Crippen molar-refractivity contribution in [3.05, 3.63) is 30.9 Å². The lowest BCUT2D eigenvalue weighted by Gasteiger charge is -2.20. The number of imidazole rings is 1. The second kappa shape index (κ2) is 4.77. The summed E-state index contributed by atoms with van der Waals surface area (Å²) < 4.78 is 2.01. The monoisotopic (exact) mass is 205 g/mol. The Kier molecular flexibility index (Phi) is 3.17. The Balaban J connectivity index is 2.22. The molecule has 80 valence electrons. The Morgan fingerprint density at radius 3 is 3.00 bits per heavy atom. The fraction of sp³-hybridized carbons (Fsp3) is 0.455. The summed E-state index contributed by atoms with van der Waals surface area (Å²) in [7, 11) is 0. The molecule has 0 saturated carbocycles. The molecule has 0 spiro atoms. The lowest BCUT2D eigenvalue weighted by molar-refractivity contribution is 0.312. The predicted molar refractivity (Wildman–Crippen MR) is 58.1 cm³/mol. The van der Waals surface area contributed by atoms with Crippen molar-refractivity contribution in [2.45, 2.75) is 31.7 Å². The van der Waals surface area contributed by atoms with Gasteiger partial charge in [-0.05, 0) is 25.7 Å². The van der Waals surface area contributed by atoms with Crippen molar-refractivity contribution in [3.8, 4) is 0 Å². The standard InChI is InChI=1S/C11H15N3O/c15-13-10-5-3-1-2-4-6-11(10)14-8-7-12-9-14/h1-2,7-9,11,15H,3-6H2/b2-1?,13-10-/t11-/m1/s1. The van der Waals surface area contributed by atoms with Crippen molar-refractivity contribution >= 4 is 5.71 Å². The van der Waals surface area contributed by atoms with Crippen LogP contribution in [0.25, 0.3) is 0 Å². The van der Waals surface area contributed by atoms with Crippen LogP contribution in [-0.4, -0.2) is 20.5 Å². The Labute approximate surface area is 88.9 Å². The van der Waals surface area contributed by atoms with Crippen LogP contribution in [0.15, 0.2) is 36.0 Å². The van der Waals surface area contributed by atoms with Gasteiger partial charge in [-0.25, -0.2) is 4.98 Å². The van der Waals surface area contributed by atoms with Crippen LogP contribution in [0.4, 0.5) is 0 Å². The molecular weight excluding hydrogens is 190 g/mol. The zero-order valence-electron chi connectivity index (χ0n) is 8.58. The van der Waals surface area contributed by atoms with Gasteiger partial charge in [-0.3, -0.25) is 0 Å². The molecule has 1 aliphatic rings. The maximum Gasteiger partial charge on any atom is 0.0952 e. The van der Waals surface area contributed by atoms with E-state index in [9.17, 15) is 0 Å². The molecule has 1 aliphatic carbocycles. The number of nitrogens with zero attached hydrogens (tertiary/aromatic N) is 3. The van der Waals surface area contributed by atoms with Crippen LogP contribution in [0.3, 0.4) is 0 Å². The summed E-state index contributed by atoms with van der Waals surface area (Å²) in [6.45, 7) is 0. The predicted octanol–water partition coefficient (Wildman–Crippen LogP) is 2.38. The first-order valence-corrected chi connectivity index (χ1v) is 5.25. The molecule has 4 heteroatoms. The Morgan fingerprint density at radius 1 is 1.40 bits per heavy atom. The van der Waals surface area contributed by atoms with Crippen LogP contribution in [-0.2, 0) is 0 Å². The Morgan fingerprint density at radius 2 is 2.27 bits per heavy atom. The van der Waals surface area contributed by atoms with E-state index in [2.05, 4.69) is 22.3 Å². The van der Waals surface area contributed by atoms with Crippen LogP contribution in [0.2, 0.25) is 0 Å². The molecule has 2 rings (SSSR count). The van der Waals surface area contributed by atoms with Crippen molar-refractivity contribution in [2.24, 2.45) is 5.16 Å². The van der Waals surface area contributed by atoms with Gasteiger partial charge >= 0.3 is 0 Å². The summed E-state index contributed by atoms with van der Waals surface area (Å²) >= 11 is 0. The van der Waals surface area contributed by atoms with Crippen molar-refractivity contribution in [3.63, 3.8) is 0 Å². The van der Waals surface area contributed by atoms with Gasteiger partial charge < -0.3 is 9.77 Å². The summed E-state index contributed by atoms with van der Waals surface area (Å²) in [6.07, 6.45) is 13.5. The summed E-state index contributed by atoms with van der Waals surface area (Å²) in [6, 6.07) is 0.155. The topological polar surface area (TPSA) is 50.4 Å². The van der Waals surface area contributed by atoms with Gasteiger partial charge in [0.05, 0.1) is 18.1 Å². The maximum absolute atomic E-state index is 9.01. The maximum atomic E-state index is 9.01. The highest BCUT2D eigenvalue weighted by atomic mass is 16.4. The van der Waals surface area contributed by atoms with E-state index in [1.54, 1.807) is 12.5 Å². The average Bonchev–Trinajstić information content (AvgIpc) is 2.71. The highest BCUT2D eigenvalue weighted by Gasteiger charge is 2.18. The lowest BCUT2D eigenvalue weighted by atomic mass is 9.99. The fourth-order valence-corrected chi connectivity index (χ4v) is 1.95. The Bertz CT molecular complexity index is 354. The zero-order valence-corrected chi connectivity index (χ0v) is 8.58. The first-order valence-electron chi connectivity index (χ1n) is 5.25. The number of allylic oxidation sites excluding steroid dienone is 2.